The van der Waals surface area contributed by atoms with E-state index < -0.39 is 10.0 Å². The van der Waals surface area contributed by atoms with Crippen molar-refractivity contribution in [2.24, 2.45) is 5.73 Å². The Morgan fingerprint density at radius 2 is 2.12 bits per heavy atom. The van der Waals surface area contributed by atoms with Crippen molar-refractivity contribution in [3.63, 3.8) is 0 Å². The average Bonchev–Trinajstić information content (AvgIpc) is 2.22. The van der Waals surface area contributed by atoms with Crippen LogP contribution in [0.15, 0.2) is 23.1 Å². The molecule has 4 nitrogen and oxygen atoms in total. The number of halogens is 1. The summed E-state index contributed by atoms with van der Waals surface area (Å²) in [4.78, 5) is 0.219. The number of hydrogen-bond donors (Lipinski definition) is 2. The molecule has 0 radical (unpaired) electrons. The molecule has 0 aliphatic heterocycles. The average molecular weight is 263 g/mol. The van der Waals surface area contributed by atoms with Gasteiger partial charge < -0.3 is 5.73 Å². The lowest BCUT2D eigenvalue weighted by atomic mass is 10.2. The van der Waals surface area contributed by atoms with Crippen molar-refractivity contribution in [3.8, 4) is 0 Å². The van der Waals surface area contributed by atoms with Crippen LogP contribution in [0.2, 0.25) is 5.02 Å². The molecule has 1 aromatic rings. The van der Waals surface area contributed by atoms with E-state index in [1.165, 1.54) is 6.07 Å². The van der Waals surface area contributed by atoms with Gasteiger partial charge in [0, 0.05) is 11.6 Å². The van der Waals surface area contributed by atoms with Gasteiger partial charge in [-0.05, 0) is 37.6 Å². The van der Waals surface area contributed by atoms with Crippen LogP contribution >= 0.6 is 11.6 Å². The maximum absolute atomic E-state index is 11.9. The van der Waals surface area contributed by atoms with Gasteiger partial charge in [-0.2, -0.15) is 0 Å². The highest BCUT2D eigenvalue weighted by atomic mass is 35.5. The minimum Gasteiger partial charge on any atom is -0.330 e. The summed E-state index contributed by atoms with van der Waals surface area (Å²) in [7, 11) is -3.48. The lowest BCUT2D eigenvalue weighted by Gasteiger charge is -2.09. The molecule has 0 fully saturated rings. The van der Waals surface area contributed by atoms with E-state index in [2.05, 4.69) is 4.72 Å². The third kappa shape index (κ3) is 3.18. The second-order valence-corrected chi connectivity index (χ2v) is 5.55. The van der Waals surface area contributed by atoms with Crippen LogP contribution in [-0.4, -0.2) is 21.5 Å². The second-order valence-electron chi connectivity index (χ2n) is 3.40. The van der Waals surface area contributed by atoms with Crippen LogP contribution in [0, 0.1) is 6.92 Å². The van der Waals surface area contributed by atoms with Gasteiger partial charge in [-0.3, -0.25) is 0 Å². The summed E-state index contributed by atoms with van der Waals surface area (Å²) in [6, 6.07) is 4.81. The minimum absolute atomic E-state index is 0.219. The summed E-state index contributed by atoms with van der Waals surface area (Å²) in [5.41, 5.74) is 5.85. The zero-order valence-corrected chi connectivity index (χ0v) is 10.6. The van der Waals surface area contributed by atoms with Gasteiger partial charge in [0.1, 0.15) is 0 Å². The quantitative estimate of drug-likeness (QED) is 0.785. The molecule has 0 aliphatic rings. The number of nitrogens with one attached hydrogen (secondary N) is 1. The number of benzene rings is 1. The van der Waals surface area contributed by atoms with Crippen LogP contribution < -0.4 is 10.5 Å². The molecule has 0 aliphatic carbocycles. The lowest BCUT2D eigenvalue weighted by Crippen LogP contribution is -2.26. The summed E-state index contributed by atoms with van der Waals surface area (Å²) >= 11 is 5.87. The molecule has 1 aromatic carbocycles. The van der Waals surface area contributed by atoms with Crippen LogP contribution in [0.1, 0.15) is 12.0 Å². The van der Waals surface area contributed by atoms with E-state index in [1.807, 2.05) is 0 Å². The Kier molecular flexibility index (Phi) is 4.73. The van der Waals surface area contributed by atoms with Gasteiger partial charge in [-0.1, -0.05) is 17.7 Å². The number of rotatable bonds is 5. The fraction of sp³-hybridized carbons (Fsp3) is 0.400. The van der Waals surface area contributed by atoms with Crippen molar-refractivity contribution < 1.29 is 8.42 Å². The Morgan fingerprint density at radius 3 is 2.75 bits per heavy atom. The van der Waals surface area contributed by atoms with Crippen molar-refractivity contribution in [1.82, 2.24) is 4.72 Å². The van der Waals surface area contributed by atoms with Gasteiger partial charge in [0.25, 0.3) is 0 Å². The van der Waals surface area contributed by atoms with Crippen LogP contribution in [0.25, 0.3) is 0 Å². The molecule has 0 unspecified atom stereocenters. The van der Waals surface area contributed by atoms with E-state index in [0.717, 1.165) is 0 Å². The van der Waals surface area contributed by atoms with Crippen molar-refractivity contribution in [1.29, 1.82) is 0 Å². The van der Waals surface area contributed by atoms with Crippen LogP contribution in [0.3, 0.4) is 0 Å². The largest absolute Gasteiger partial charge is 0.330 e. The number of sulfonamides is 1. The van der Waals surface area contributed by atoms with Gasteiger partial charge >= 0.3 is 0 Å². The number of nitrogens with two attached hydrogens (primary N) is 1. The Hall–Kier alpha value is -0.620. The monoisotopic (exact) mass is 262 g/mol. The van der Waals surface area contributed by atoms with E-state index in [0.29, 0.717) is 30.1 Å². The summed E-state index contributed by atoms with van der Waals surface area (Å²) in [5, 5.41) is 0.446. The molecule has 0 aromatic heterocycles. The van der Waals surface area contributed by atoms with Crippen LogP contribution in [0.4, 0.5) is 0 Å². The first-order chi connectivity index (χ1) is 7.49. The molecular formula is C10H15ClN2O2S. The van der Waals surface area contributed by atoms with Crippen molar-refractivity contribution in [2.75, 3.05) is 13.1 Å². The van der Waals surface area contributed by atoms with Crippen molar-refractivity contribution >= 4 is 21.6 Å². The standard InChI is InChI=1S/C10H15ClN2O2S/c1-8-9(11)4-2-5-10(8)16(14,15)13-7-3-6-12/h2,4-5,13H,3,6-7,12H2,1H3. The molecule has 1 rings (SSSR count). The van der Waals surface area contributed by atoms with E-state index in [4.69, 9.17) is 17.3 Å². The zero-order valence-electron chi connectivity index (χ0n) is 9.03. The highest BCUT2D eigenvalue weighted by Gasteiger charge is 2.16. The van der Waals surface area contributed by atoms with Gasteiger partial charge in [-0.25, -0.2) is 13.1 Å². The zero-order chi connectivity index (χ0) is 12.2. The highest BCUT2D eigenvalue weighted by Crippen LogP contribution is 2.22. The fourth-order valence-electron chi connectivity index (χ4n) is 1.27. The molecule has 0 saturated carbocycles. The summed E-state index contributed by atoms with van der Waals surface area (Å²) in [6.45, 7) is 2.47. The predicted molar refractivity (Wildman–Crippen MR) is 65.0 cm³/mol. The maximum Gasteiger partial charge on any atom is 0.240 e. The van der Waals surface area contributed by atoms with Crippen LogP contribution in [-0.2, 0) is 10.0 Å². The molecule has 0 amide bonds. The number of hydrogen-bond acceptors (Lipinski definition) is 3. The van der Waals surface area contributed by atoms with Crippen molar-refractivity contribution in [3.05, 3.63) is 28.8 Å². The Balaban J connectivity index is 2.94. The molecule has 0 heterocycles. The van der Waals surface area contributed by atoms with E-state index in [9.17, 15) is 8.42 Å². The molecule has 0 atom stereocenters. The summed E-state index contributed by atoms with van der Waals surface area (Å²) in [6.07, 6.45) is 0.610. The van der Waals surface area contributed by atoms with Gasteiger partial charge in [-0.15, -0.1) is 0 Å². The van der Waals surface area contributed by atoms with Crippen molar-refractivity contribution in [2.45, 2.75) is 18.2 Å². The van der Waals surface area contributed by atoms with Crippen LogP contribution in [0.5, 0.6) is 0 Å². The first-order valence-electron chi connectivity index (χ1n) is 4.94. The molecule has 0 bridgehead atoms. The molecule has 90 valence electrons. The van der Waals surface area contributed by atoms with Gasteiger partial charge in [0.05, 0.1) is 4.90 Å². The van der Waals surface area contributed by atoms with E-state index in [-0.39, 0.29) is 4.90 Å². The Morgan fingerprint density at radius 1 is 1.44 bits per heavy atom. The summed E-state index contributed by atoms with van der Waals surface area (Å²) in [5.74, 6) is 0. The third-order valence-electron chi connectivity index (χ3n) is 2.18. The van der Waals surface area contributed by atoms with Gasteiger partial charge in [0.15, 0.2) is 0 Å². The van der Waals surface area contributed by atoms with E-state index >= 15 is 0 Å². The summed E-state index contributed by atoms with van der Waals surface area (Å²) < 4.78 is 26.2. The molecule has 0 spiro atoms. The normalized spacial score (nSPS) is 11.7. The maximum atomic E-state index is 11.9. The highest BCUT2D eigenvalue weighted by molar-refractivity contribution is 7.89. The molecule has 6 heteroatoms. The predicted octanol–water partition coefficient (Wildman–Crippen LogP) is 1.28. The molecule has 16 heavy (non-hydrogen) atoms. The first kappa shape index (κ1) is 13.4. The first-order valence-corrected chi connectivity index (χ1v) is 6.80. The molecular weight excluding hydrogens is 248 g/mol. The lowest BCUT2D eigenvalue weighted by molar-refractivity contribution is 0.579. The Bertz CT molecular complexity index is 460. The molecule has 3 N–H and O–H groups in total. The van der Waals surface area contributed by atoms with E-state index in [1.54, 1.807) is 19.1 Å². The Labute approximate surface area is 101 Å². The second kappa shape index (κ2) is 5.63. The third-order valence-corrected chi connectivity index (χ3v) is 4.20. The SMILES string of the molecule is Cc1c(Cl)cccc1S(=O)(=O)NCCCN. The molecule has 0 saturated heterocycles. The fourth-order valence-corrected chi connectivity index (χ4v) is 2.84. The topological polar surface area (TPSA) is 72.2 Å². The minimum atomic E-state index is -3.48. The van der Waals surface area contributed by atoms with Gasteiger partial charge in [0.2, 0.25) is 10.0 Å². The smallest absolute Gasteiger partial charge is 0.240 e.